The Morgan fingerprint density at radius 3 is 2.61 bits per heavy atom. The Morgan fingerprint density at radius 2 is 2.04 bits per heavy atom. The van der Waals surface area contributed by atoms with Crippen molar-refractivity contribution in [3.63, 3.8) is 0 Å². The maximum Gasteiger partial charge on any atom is 0.445 e. The topological polar surface area (TPSA) is 98.4 Å². The Hall–Kier alpha value is -1.31. The summed E-state index contributed by atoms with van der Waals surface area (Å²) in [6, 6.07) is -0.686. The lowest BCUT2D eigenvalue weighted by Crippen LogP contribution is -2.68. The van der Waals surface area contributed by atoms with E-state index in [1.165, 1.54) is 16.7 Å². The second-order valence-electron chi connectivity index (χ2n) is 7.05. The van der Waals surface area contributed by atoms with Crippen LogP contribution in [-0.4, -0.2) is 55.5 Å². The molecular weight excluding hydrogens is 437 g/mol. The number of thioether (sulfide) groups is 2. The molecule has 0 radical (unpaired) electrons. The number of nitrogens with two attached hydrogens (primary N) is 1. The fourth-order valence-electron chi connectivity index (χ4n) is 2.54. The molecule has 3 heterocycles. The van der Waals surface area contributed by atoms with Gasteiger partial charge in [-0.05, 0) is 26.3 Å². The summed E-state index contributed by atoms with van der Waals surface area (Å²) in [7, 11) is 0. The van der Waals surface area contributed by atoms with Gasteiger partial charge in [0.05, 0.1) is 0 Å². The van der Waals surface area contributed by atoms with Gasteiger partial charge in [0.15, 0.2) is 4.34 Å². The number of fused-ring (bicyclic) bond motifs is 1. The summed E-state index contributed by atoms with van der Waals surface area (Å²) < 4.78 is 43.6. The minimum Gasteiger partial charge on any atom is -0.455 e. The number of amides is 1. The molecule has 2 aliphatic rings. The third-order valence-electron chi connectivity index (χ3n) is 3.70. The highest BCUT2D eigenvalue weighted by atomic mass is 32.2. The lowest BCUT2D eigenvalue weighted by atomic mass is 10.0. The molecule has 0 bridgehead atoms. The first-order valence-electron chi connectivity index (χ1n) is 8.07. The number of rotatable bonds is 4. The van der Waals surface area contributed by atoms with Crippen molar-refractivity contribution in [1.29, 1.82) is 0 Å². The summed E-state index contributed by atoms with van der Waals surface area (Å²) in [5.41, 5.74) is 5.75. The van der Waals surface area contributed by atoms with Crippen LogP contribution in [-0.2, 0) is 20.5 Å². The maximum absolute atomic E-state index is 12.7. The molecule has 0 saturated carbocycles. The average molecular weight is 455 g/mol. The van der Waals surface area contributed by atoms with Gasteiger partial charge in [-0.25, -0.2) is 4.79 Å². The molecule has 0 aromatic carbocycles. The molecule has 1 saturated heterocycles. The molecule has 3 rings (SSSR count). The number of hydrogen-bond donors (Lipinski definition) is 1. The van der Waals surface area contributed by atoms with Crippen molar-refractivity contribution in [3.05, 3.63) is 16.3 Å². The van der Waals surface area contributed by atoms with E-state index in [9.17, 15) is 22.8 Å². The van der Waals surface area contributed by atoms with Gasteiger partial charge in [-0.3, -0.25) is 9.69 Å². The molecule has 1 aromatic heterocycles. The molecule has 0 aliphatic carbocycles. The van der Waals surface area contributed by atoms with Crippen molar-refractivity contribution in [1.82, 2.24) is 15.1 Å². The number of carbonyl (C=O) groups excluding carboxylic acids is 2. The summed E-state index contributed by atoms with van der Waals surface area (Å²) >= 11 is 2.87. The van der Waals surface area contributed by atoms with E-state index in [1.807, 2.05) is 0 Å². The Morgan fingerprint density at radius 1 is 1.36 bits per heavy atom. The Balaban J connectivity index is 1.83. The molecule has 2 aliphatic heterocycles. The SMILES string of the molecule is CC(C)(C)OC(=O)C1=C(CSc2nnc(C(F)(F)F)s2)CS[C@@H]2C(N)C(=O)N12. The first kappa shape index (κ1) is 21.4. The van der Waals surface area contributed by atoms with E-state index in [0.29, 0.717) is 22.7 Å². The monoisotopic (exact) mass is 454 g/mol. The van der Waals surface area contributed by atoms with E-state index in [4.69, 9.17) is 10.5 Å². The average Bonchev–Trinajstić information content (AvgIpc) is 3.06. The van der Waals surface area contributed by atoms with Gasteiger partial charge < -0.3 is 10.5 Å². The highest BCUT2D eigenvalue weighted by molar-refractivity contribution is 8.01. The largest absolute Gasteiger partial charge is 0.455 e. The molecule has 1 unspecified atom stereocenters. The number of halogens is 3. The fraction of sp³-hybridized carbons (Fsp3) is 0.600. The van der Waals surface area contributed by atoms with Crippen LogP contribution in [0.5, 0.6) is 0 Å². The van der Waals surface area contributed by atoms with Gasteiger partial charge in [0.25, 0.3) is 0 Å². The zero-order valence-corrected chi connectivity index (χ0v) is 17.5. The summed E-state index contributed by atoms with van der Waals surface area (Å²) in [5, 5.41) is 5.30. The predicted octanol–water partition coefficient (Wildman–Crippen LogP) is 2.49. The van der Waals surface area contributed by atoms with Crippen LogP contribution in [0.4, 0.5) is 13.2 Å². The van der Waals surface area contributed by atoms with Crippen LogP contribution in [0.25, 0.3) is 0 Å². The minimum absolute atomic E-state index is 0.124. The van der Waals surface area contributed by atoms with Gasteiger partial charge in [-0.1, -0.05) is 23.1 Å². The van der Waals surface area contributed by atoms with Crippen molar-refractivity contribution in [2.24, 2.45) is 5.73 Å². The molecular formula is C15H17F3N4O3S3. The second-order valence-corrected chi connectivity index (χ2v) is 10.4. The van der Waals surface area contributed by atoms with E-state index >= 15 is 0 Å². The van der Waals surface area contributed by atoms with Crippen LogP contribution >= 0.6 is 34.9 Å². The van der Waals surface area contributed by atoms with E-state index < -0.39 is 28.8 Å². The predicted molar refractivity (Wildman–Crippen MR) is 99.6 cm³/mol. The van der Waals surface area contributed by atoms with E-state index in [-0.39, 0.29) is 27.1 Å². The number of hydrogen-bond acceptors (Lipinski definition) is 9. The Kier molecular flexibility index (Phi) is 5.73. The first-order chi connectivity index (χ1) is 12.9. The number of carbonyl (C=O) groups is 2. The number of nitrogens with zero attached hydrogens (tertiary/aromatic N) is 3. The van der Waals surface area contributed by atoms with Crippen LogP contribution in [0.15, 0.2) is 15.6 Å². The van der Waals surface area contributed by atoms with Crippen molar-refractivity contribution >= 4 is 46.7 Å². The molecule has 154 valence electrons. The molecule has 1 amide bonds. The maximum atomic E-state index is 12.7. The lowest BCUT2D eigenvalue weighted by molar-refractivity contribution is -0.158. The fourth-order valence-corrected chi connectivity index (χ4v) is 5.69. The smallest absolute Gasteiger partial charge is 0.445 e. The zero-order valence-electron chi connectivity index (χ0n) is 15.1. The molecule has 1 aromatic rings. The summed E-state index contributed by atoms with van der Waals surface area (Å²) in [6.45, 7) is 5.12. The standard InChI is InChI=1S/C15H17F3N4O3S3/c1-14(2,3)25-11(24)8-6(4-26-10-7(19)9(23)22(8)10)5-27-13-21-20-12(28-13)15(16,17)18/h7,10H,4-5,19H2,1-3H3/t7?,10-/m1/s1. The molecule has 1 fully saturated rings. The zero-order chi connectivity index (χ0) is 20.9. The molecule has 13 heteroatoms. The number of β-lactam (4-membered cyclic amide) rings is 1. The van der Waals surface area contributed by atoms with Gasteiger partial charge >= 0.3 is 12.1 Å². The van der Waals surface area contributed by atoms with E-state index in [0.717, 1.165) is 11.8 Å². The van der Waals surface area contributed by atoms with Crippen LogP contribution < -0.4 is 5.73 Å². The van der Waals surface area contributed by atoms with Gasteiger partial charge in [0.1, 0.15) is 22.7 Å². The van der Waals surface area contributed by atoms with Crippen LogP contribution in [0.2, 0.25) is 0 Å². The van der Waals surface area contributed by atoms with Crippen LogP contribution in [0, 0.1) is 0 Å². The van der Waals surface area contributed by atoms with Gasteiger partial charge in [0, 0.05) is 11.5 Å². The second kappa shape index (κ2) is 7.50. The summed E-state index contributed by atoms with van der Waals surface area (Å²) in [5.74, 6) is -0.438. The van der Waals surface area contributed by atoms with Crippen LogP contribution in [0.1, 0.15) is 25.8 Å². The van der Waals surface area contributed by atoms with Gasteiger partial charge in [0.2, 0.25) is 10.9 Å². The van der Waals surface area contributed by atoms with E-state index in [2.05, 4.69) is 10.2 Å². The Labute approximate surface area is 171 Å². The molecule has 2 atom stereocenters. The molecule has 28 heavy (non-hydrogen) atoms. The van der Waals surface area contributed by atoms with Gasteiger partial charge in [-0.2, -0.15) is 13.2 Å². The number of ether oxygens (including phenoxy) is 1. The summed E-state index contributed by atoms with van der Waals surface area (Å²) in [4.78, 5) is 26.2. The van der Waals surface area contributed by atoms with Crippen molar-refractivity contribution < 1.29 is 27.5 Å². The van der Waals surface area contributed by atoms with E-state index in [1.54, 1.807) is 20.8 Å². The number of esters is 1. The lowest BCUT2D eigenvalue weighted by Gasteiger charge is -2.48. The third-order valence-corrected chi connectivity index (χ3v) is 7.25. The third kappa shape index (κ3) is 4.31. The first-order valence-corrected chi connectivity index (χ1v) is 10.9. The number of aromatic nitrogens is 2. The molecule has 2 N–H and O–H groups in total. The van der Waals surface area contributed by atoms with Crippen molar-refractivity contribution in [2.45, 2.75) is 48.3 Å². The Bertz CT molecular complexity index is 834. The van der Waals surface area contributed by atoms with Gasteiger partial charge in [-0.15, -0.1) is 22.0 Å². The summed E-state index contributed by atoms with van der Waals surface area (Å²) in [6.07, 6.45) is -4.55. The quantitative estimate of drug-likeness (QED) is 0.421. The normalized spacial score (nSPS) is 22.8. The van der Waals surface area contributed by atoms with Crippen LogP contribution in [0.3, 0.4) is 0 Å². The molecule has 7 nitrogen and oxygen atoms in total. The van der Waals surface area contributed by atoms with Crippen molar-refractivity contribution in [3.8, 4) is 0 Å². The highest BCUT2D eigenvalue weighted by Crippen LogP contribution is 2.42. The van der Waals surface area contributed by atoms with Crippen molar-refractivity contribution in [2.75, 3.05) is 11.5 Å². The molecule has 0 spiro atoms. The highest BCUT2D eigenvalue weighted by Gasteiger charge is 2.52. The number of alkyl halides is 3. The minimum atomic E-state index is -4.55.